The van der Waals surface area contributed by atoms with Crippen molar-refractivity contribution in [1.82, 2.24) is 14.8 Å². The number of nitrogens with two attached hydrogens (primary N) is 1. The maximum Gasteiger partial charge on any atom is 0.239 e. The highest BCUT2D eigenvalue weighted by molar-refractivity contribution is 7.89. The first-order valence-corrected chi connectivity index (χ1v) is 6.14. The van der Waals surface area contributed by atoms with Gasteiger partial charge in [0.15, 0.2) is 5.82 Å². The number of primary sulfonamides is 1. The molecule has 0 amide bonds. The summed E-state index contributed by atoms with van der Waals surface area (Å²) in [6, 6.07) is 4.52. The molecule has 0 aliphatic heterocycles. The molecule has 0 bridgehead atoms. The molecule has 2 rings (SSSR count). The molecule has 7 nitrogen and oxygen atoms in total. The average molecular weight is 254 g/mol. The fraction of sp³-hybridized carbons (Fsp3) is 0.111. The molecule has 0 radical (unpaired) electrons. The van der Waals surface area contributed by atoms with E-state index in [0.29, 0.717) is 11.7 Å². The van der Waals surface area contributed by atoms with Crippen molar-refractivity contribution in [2.75, 3.05) is 7.11 Å². The molecule has 0 unspecified atom stereocenters. The molecule has 2 aromatic rings. The van der Waals surface area contributed by atoms with Gasteiger partial charge in [0.2, 0.25) is 15.9 Å². The zero-order valence-electron chi connectivity index (χ0n) is 8.94. The summed E-state index contributed by atoms with van der Waals surface area (Å²) in [6.45, 7) is 0. The molecule has 0 spiro atoms. The van der Waals surface area contributed by atoms with Crippen LogP contribution in [0.1, 0.15) is 0 Å². The molecule has 0 aromatic carbocycles. The largest absolute Gasteiger partial charge is 0.481 e. The van der Waals surface area contributed by atoms with Crippen LogP contribution in [-0.2, 0) is 10.0 Å². The minimum atomic E-state index is -3.73. The third-order valence-corrected chi connectivity index (χ3v) is 2.98. The minimum absolute atomic E-state index is 0.0487. The lowest BCUT2D eigenvalue weighted by molar-refractivity contribution is 0.382. The quantitative estimate of drug-likeness (QED) is 0.825. The fourth-order valence-corrected chi connectivity index (χ4v) is 1.74. The van der Waals surface area contributed by atoms with E-state index < -0.39 is 10.0 Å². The van der Waals surface area contributed by atoms with E-state index in [2.05, 4.69) is 10.1 Å². The standard InChI is InChI=1S/C9H10N4O3S/c1-16-9-4-5-12-13(9)8-3-2-7(6-11-8)17(10,14)15/h2-6H,1H3,(H2,10,14,15). The van der Waals surface area contributed by atoms with E-state index in [1.807, 2.05) is 0 Å². The van der Waals surface area contributed by atoms with Crippen LogP contribution in [-0.4, -0.2) is 30.3 Å². The second kappa shape index (κ2) is 4.15. The van der Waals surface area contributed by atoms with Gasteiger partial charge in [0, 0.05) is 12.3 Å². The Morgan fingerprint density at radius 3 is 2.65 bits per heavy atom. The maximum atomic E-state index is 11.0. The first-order chi connectivity index (χ1) is 8.02. The normalized spacial score (nSPS) is 11.4. The second-order valence-corrected chi connectivity index (χ2v) is 4.74. The summed E-state index contributed by atoms with van der Waals surface area (Å²) in [5, 5.41) is 8.96. The molecule has 0 fully saturated rings. The molecule has 2 aromatic heterocycles. The van der Waals surface area contributed by atoms with Crippen LogP contribution in [0.2, 0.25) is 0 Å². The molecule has 8 heteroatoms. The van der Waals surface area contributed by atoms with Crippen molar-refractivity contribution in [1.29, 1.82) is 0 Å². The van der Waals surface area contributed by atoms with Gasteiger partial charge >= 0.3 is 0 Å². The molecular formula is C9H10N4O3S. The molecule has 0 atom stereocenters. The highest BCUT2D eigenvalue weighted by atomic mass is 32.2. The SMILES string of the molecule is COc1ccnn1-c1ccc(S(N)(=O)=O)cn1. The summed E-state index contributed by atoms with van der Waals surface area (Å²) in [4.78, 5) is 3.91. The van der Waals surface area contributed by atoms with Crippen LogP contribution in [0.5, 0.6) is 5.88 Å². The maximum absolute atomic E-state index is 11.0. The van der Waals surface area contributed by atoms with E-state index >= 15 is 0 Å². The highest BCUT2D eigenvalue weighted by Crippen LogP contribution is 2.15. The van der Waals surface area contributed by atoms with Crippen molar-refractivity contribution in [2.24, 2.45) is 5.14 Å². The summed E-state index contributed by atoms with van der Waals surface area (Å²) >= 11 is 0. The molecule has 2 N–H and O–H groups in total. The van der Waals surface area contributed by atoms with Gasteiger partial charge in [-0.2, -0.15) is 9.78 Å². The van der Waals surface area contributed by atoms with Crippen LogP contribution in [0, 0.1) is 0 Å². The summed E-state index contributed by atoms with van der Waals surface area (Å²) in [7, 11) is -2.22. The Morgan fingerprint density at radius 2 is 2.12 bits per heavy atom. The van der Waals surface area contributed by atoms with Crippen molar-refractivity contribution in [3.05, 3.63) is 30.6 Å². The topological polar surface area (TPSA) is 100 Å². The summed E-state index contributed by atoms with van der Waals surface area (Å²) in [6.07, 6.45) is 2.72. The van der Waals surface area contributed by atoms with Crippen LogP contribution in [0.3, 0.4) is 0 Å². The number of methoxy groups -OCH3 is 1. The number of sulfonamides is 1. The van der Waals surface area contributed by atoms with Gasteiger partial charge in [-0.15, -0.1) is 0 Å². The summed E-state index contributed by atoms with van der Waals surface area (Å²) in [5.41, 5.74) is 0. The molecule has 0 aliphatic carbocycles. The molecule has 0 aliphatic rings. The molecular weight excluding hydrogens is 244 g/mol. The van der Waals surface area contributed by atoms with Crippen molar-refractivity contribution in [3.8, 4) is 11.7 Å². The molecule has 2 heterocycles. The Hall–Kier alpha value is -1.93. The lowest BCUT2D eigenvalue weighted by Gasteiger charge is -2.05. The van der Waals surface area contributed by atoms with E-state index in [1.54, 1.807) is 12.3 Å². The van der Waals surface area contributed by atoms with Crippen LogP contribution in [0.25, 0.3) is 5.82 Å². The number of hydrogen-bond donors (Lipinski definition) is 1. The Labute approximate surface area is 97.9 Å². The molecule has 90 valence electrons. The summed E-state index contributed by atoms with van der Waals surface area (Å²) < 4.78 is 28.6. The third-order valence-electron chi connectivity index (χ3n) is 2.08. The van der Waals surface area contributed by atoms with E-state index in [0.717, 1.165) is 0 Å². The summed E-state index contributed by atoms with van der Waals surface area (Å²) in [5.74, 6) is 0.945. The molecule has 17 heavy (non-hydrogen) atoms. The zero-order chi connectivity index (χ0) is 12.5. The molecule has 0 saturated heterocycles. The van der Waals surface area contributed by atoms with Crippen LogP contribution in [0.15, 0.2) is 35.5 Å². The molecule has 0 saturated carbocycles. The number of nitrogens with zero attached hydrogens (tertiary/aromatic N) is 3. The Balaban J connectivity index is 2.43. The van der Waals surface area contributed by atoms with E-state index in [1.165, 1.54) is 30.1 Å². The van der Waals surface area contributed by atoms with Crippen molar-refractivity contribution >= 4 is 10.0 Å². The van der Waals surface area contributed by atoms with Crippen molar-refractivity contribution < 1.29 is 13.2 Å². The number of aromatic nitrogens is 3. The predicted molar refractivity (Wildman–Crippen MR) is 59.3 cm³/mol. The smallest absolute Gasteiger partial charge is 0.239 e. The van der Waals surface area contributed by atoms with Gasteiger partial charge in [-0.25, -0.2) is 18.5 Å². The van der Waals surface area contributed by atoms with Crippen LogP contribution >= 0.6 is 0 Å². The predicted octanol–water partition coefficient (Wildman–Crippen LogP) is -0.0767. The van der Waals surface area contributed by atoms with Gasteiger partial charge in [0.05, 0.1) is 13.3 Å². The van der Waals surface area contributed by atoms with Crippen LogP contribution in [0.4, 0.5) is 0 Å². The first-order valence-electron chi connectivity index (χ1n) is 4.59. The second-order valence-electron chi connectivity index (χ2n) is 3.18. The average Bonchev–Trinajstić information content (AvgIpc) is 2.76. The number of pyridine rings is 1. The van der Waals surface area contributed by atoms with Crippen molar-refractivity contribution in [2.45, 2.75) is 4.90 Å². The lowest BCUT2D eigenvalue weighted by Crippen LogP contribution is -2.13. The van der Waals surface area contributed by atoms with Crippen LogP contribution < -0.4 is 9.88 Å². The fourth-order valence-electron chi connectivity index (χ4n) is 1.28. The number of hydrogen-bond acceptors (Lipinski definition) is 5. The van der Waals surface area contributed by atoms with Gasteiger partial charge in [-0.1, -0.05) is 0 Å². The zero-order valence-corrected chi connectivity index (χ0v) is 9.76. The minimum Gasteiger partial charge on any atom is -0.481 e. The Bertz CT molecular complexity index is 618. The van der Waals surface area contributed by atoms with Crippen molar-refractivity contribution in [3.63, 3.8) is 0 Å². The van der Waals surface area contributed by atoms with Gasteiger partial charge in [0.25, 0.3) is 0 Å². The van der Waals surface area contributed by atoms with Gasteiger partial charge in [0.1, 0.15) is 4.90 Å². The Morgan fingerprint density at radius 1 is 1.35 bits per heavy atom. The number of rotatable bonds is 3. The highest BCUT2D eigenvalue weighted by Gasteiger charge is 2.10. The lowest BCUT2D eigenvalue weighted by atomic mass is 10.4. The van der Waals surface area contributed by atoms with Gasteiger partial charge in [-0.3, -0.25) is 0 Å². The van der Waals surface area contributed by atoms with Gasteiger partial charge < -0.3 is 4.74 Å². The monoisotopic (exact) mass is 254 g/mol. The van der Waals surface area contributed by atoms with E-state index in [4.69, 9.17) is 9.88 Å². The Kier molecular flexibility index (Phi) is 2.82. The van der Waals surface area contributed by atoms with E-state index in [9.17, 15) is 8.42 Å². The van der Waals surface area contributed by atoms with E-state index in [-0.39, 0.29) is 4.90 Å². The third kappa shape index (κ3) is 2.27. The van der Waals surface area contributed by atoms with Gasteiger partial charge in [-0.05, 0) is 12.1 Å². The first kappa shape index (κ1) is 11.6. The number of ether oxygens (including phenoxy) is 1.